The summed E-state index contributed by atoms with van der Waals surface area (Å²) in [6, 6.07) is 19.2. The minimum absolute atomic E-state index is 0.166. The van der Waals surface area contributed by atoms with Gasteiger partial charge < -0.3 is 15.0 Å². The van der Waals surface area contributed by atoms with Gasteiger partial charge in [0.1, 0.15) is 11.6 Å². The van der Waals surface area contributed by atoms with Crippen LogP contribution in [0.15, 0.2) is 78.0 Å². The predicted molar refractivity (Wildman–Crippen MR) is 179 cm³/mol. The van der Waals surface area contributed by atoms with Crippen molar-refractivity contribution in [2.24, 2.45) is 11.8 Å². The van der Waals surface area contributed by atoms with Gasteiger partial charge in [0.15, 0.2) is 5.03 Å². The van der Waals surface area contributed by atoms with E-state index in [0.717, 1.165) is 25.0 Å². The van der Waals surface area contributed by atoms with E-state index in [9.17, 15) is 13.2 Å². The highest BCUT2D eigenvalue weighted by atomic mass is 32.2. The molecule has 0 radical (unpaired) electrons. The average Bonchev–Trinajstić information content (AvgIpc) is 3.35. The Morgan fingerprint density at radius 3 is 2.53 bits per heavy atom. The van der Waals surface area contributed by atoms with E-state index in [0.29, 0.717) is 48.0 Å². The van der Waals surface area contributed by atoms with Gasteiger partial charge in [-0.2, -0.15) is 8.42 Å². The van der Waals surface area contributed by atoms with Crippen molar-refractivity contribution in [1.29, 1.82) is 0 Å². The Morgan fingerprint density at radius 1 is 0.915 bits per heavy atom. The number of fused-ring (bicyclic) bond motifs is 6. The van der Waals surface area contributed by atoms with Crippen molar-refractivity contribution < 1.29 is 17.9 Å². The van der Waals surface area contributed by atoms with E-state index in [2.05, 4.69) is 38.8 Å². The molecule has 1 aliphatic carbocycles. The fraction of sp³-hybridized carbons (Fsp3) is 0.400. The van der Waals surface area contributed by atoms with E-state index in [-0.39, 0.29) is 28.1 Å². The minimum atomic E-state index is -4.32. The smallest absolute Gasteiger partial charge is 0.281 e. The van der Waals surface area contributed by atoms with Crippen LogP contribution in [0.3, 0.4) is 0 Å². The number of hydrogen-bond acceptors (Lipinski definition) is 10. The number of amides is 1. The molecule has 47 heavy (non-hydrogen) atoms. The van der Waals surface area contributed by atoms with Crippen LogP contribution in [0, 0.1) is 11.8 Å². The molecule has 1 amide bonds. The fourth-order valence-corrected chi connectivity index (χ4v) is 7.69. The summed E-state index contributed by atoms with van der Waals surface area (Å²) >= 11 is 0. The summed E-state index contributed by atoms with van der Waals surface area (Å²) in [5.41, 5.74) is 1.83. The van der Waals surface area contributed by atoms with Crippen LogP contribution in [0.25, 0.3) is 11.4 Å². The average molecular weight is 654 g/mol. The Kier molecular flexibility index (Phi) is 8.29. The van der Waals surface area contributed by atoms with Crippen molar-refractivity contribution in [3.05, 3.63) is 84.2 Å². The molecule has 2 aliphatic heterocycles. The molecule has 4 aromatic heterocycles. The molecule has 1 saturated heterocycles. The lowest BCUT2D eigenvalue weighted by Crippen LogP contribution is -2.41. The monoisotopic (exact) mass is 653 g/mol. The molecule has 0 aromatic carbocycles. The Balaban J connectivity index is 1.27. The van der Waals surface area contributed by atoms with Gasteiger partial charge in [0.2, 0.25) is 5.88 Å². The van der Waals surface area contributed by atoms with Gasteiger partial charge >= 0.3 is 0 Å². The Hall–Kier alpha value is -4.58. The first-order chi connectivity index (χ1) is 22.6. The molecule has 2 fully saturated rings. The lowest BCUT2D eigenvalue weighted by atomic mass is 9.86. The molecule has 11 nitrogen and oxygen atoms in total. The number of aromatic nitrogens is 4. The van der Waals surface area contributed by atoms with Crippen molar-refractivity contribution in [2.75, 3.05) is 23.4 Å². The maximum atomic E-state index is 13.8. The number of anilines is 2. The van der Waals surface area contributed by atoms with Crippen LogP contribution in [0.2, 0.25) is 0 Å². The molecule has 2 atom stereocenters. The topological polar surface area (TPSA) is 139 Å². The van der Waals surface area contributed by atoms with Crippen LogP contribution in [0.4, 0.5) is 11.6 Å². The minimum Gasteiger partial charge on any atom is -0.477 e. The molecule has 0 unspecified atom stereocenters. The second kappa shape index (κ2) is 12.6. The highest BCUT2D eigenvalue weighted by Gasteiger charge is 2.41. The summed E-state index contributed by atoms with van der Waals surface area (Å²) in [7, 11) is -4.32. The Bertz CT molecular complexity index is 1880. The zero-order valence-electron chi connectivity index (χ0n) is 26.6. The van der Waals surface area contributed by atoms with E-state index in [1.807, 2.05) is 36.4 Å². The normalized spacial score (nSPS) is 22.1. The van der Waals surface area contributed by atoms with Crippen molar-refractivity contribution in [2.45, 2.75) is 69.0 Å². The number of rotatable bonds is 5. The van der Waals surface area contributed by atoms with Crippen molar-refractivity contribution >= 4 is 27.6 Å². The van der Waals surface area contributed by atoms with Crippen LogP contribution in [0.1, 0.15) is 74.5 Å². The lowest BCUT2D eigenvalue weighted by Gasteiger charge is -2.34. The first kappa shape index (κ1) is 31.0. The van der Waals surface area contributed by atoms with Gasteiger partial charge in [-0.15, -0.1) is 0 Å². The third-order valence-electron chi connectivity index (χ3n) is 9.47. The second-order valence-electron chi connectivity index (χ2n) is 13.4. The van der Waals surface area contributed by atoms with E-state index < -0.39 is 15.9 Å². The lowest BCUT2D eigenvalue weighted by molar-refractivity contribution is 0.0981. The largest absolute Gasteiger partial charge is 0.477 e. The maximum absolute atomic E-state index is 13.8. The molecule has 4 bridgehead atoms. The number of nitrogens with one attached hydrogen (secondary N) is 2. The quantitative estimate of drug-likeness (QED) is 0.272. The van der Waals surface area contributed by atoms with Gasteiger partial charge in [-0.3, -0.25) is 9.78 Å². The number of pyridine rings is 4. The number of hydrogen-bond donors (Lipinski definition) is 2. The van der Waals surface area contributed by atoms with Gasteiger partial charge in [0, 0.05) is 24.3 Å². The summed E-state index contributed by atoms with van der Waals surface area (Å²) in [6.07, 6.45) is 7.84. The first-order valence-electron chi connectivity index (χ1n) is 16.3. The number of nitrogens with zero attached hydrogens (tertiary/aromatic N) is 5. The number of sulfonamides is 1. The fourth-order valence-electron chi connectivity index (χ4n) is 6.76. The highest BCUT2D eigenvalue weighted by Crippen LogP contribution is 2.41. The predicted octanol–water partition coefficient (Wildman–Crippen LogP) is 5.78. The Morgan fingerprint density at radius 2 is 1.74 bits per heavy atom. The van der Waals surface area contributed by atoms with E-state index >= 15 is 0 Å². The summed E-state index contributed by atoms with van der Waals surface area (Å²) < 4.78 is 35.3. The summed E-state index contributed by atoms with van der Waals surface area (Å²) in [5.74, 6) is 1.42. The standard InChI is InChI=1S/C35H39N7O4S/c1-35(2)20-24-15-17-28(26-10-3-4-19-36-26)37-30-12-7-14-32(40-30)47(44,45)41-34(43)25-16-18-29(39-33(25)42(35)21-24)27-11-6-13-31(38-27)46-22-23-8-5-9-23/h3-4,6-7,10-14,16,18-19,23-24,28H,5,8-9,15,17,20-22H2,1-2H3,(H,37,40)(H,41,43)/t24-,28+/m0/s1. The maximum Gasteiger partial charge on any atom is 0.281 e. The third-order valence-corrected chi connectivity index (χ3v) is 10.7. The van der Waals surface area contributed by atoms with Gasteiger partial charge in [-0.05, 0) is 100 Å². The molecule has 3 aliphatic rings. The van der Waals surface area contributed by atoms with Gasteiger partial charge in [0.05, 0.1) is 35.3 Å². The summed E-state index contributed by atoms with van der Waals surface area (Å²) in [4.78, 5) is 34.7. The van der Waals surface area contributed by atoms with Crippen molar-refractivity contribution in [3.63, 3.8) is 0 Å². The molecule has 7 rings (SSSR count). The number of carbonyl (C=O) groups excluding carboxylic acids is 1. The molecular formula is C35H39N7O4S. The molecule has 6 heterocycles. The SMILES string of the molecule is CC1(C)C[C@@H]2CC[C@H](c3ccccn3)Nc3cccc(n3)S(=O)(=O)NC(=O)c3ccc(-c4cccc(OCC5CCC5)n4)nc3N1C2. The van der Waals surface area contributed by atoms with Crippen LogP contribution >= 0.6 is 0 Å². The first-order valence-corrected chi connectivity index (χ1v) is 17.7. The van der Waals surface area contributed by atoms with E-state index in [1.54, 1.807) is 30.5 Å². The summed E-state index contributed by atoms with van der Waals surface area (Å²) in [5, 5.41) is 3.15. The molecule has 12 heteroatoms. The van der Waals surface area contributed by atoms with Crippen molar-refractivity contribution in [3.8, 4) is 17.3 Å². The molecule has 244 valence electrons. The zero-order chi connectivity index (χ0) is 32.6. The van der Waals surface area contributed by atoms with Crippen LogP contribution in [0.5, 0.6) is 5.88 Å². The number of ether oxygens (including phenoxy) is 1. The van der Waals surface area contributed by atoms with Crippen molar-refractivity contribution in [1.82, 2.24) is 24.7 Å². The van der Waals surface area contributed by atoms with Gasteiger partial charge in [0.25, 0.3) is 15.9 Å². The Labute approximate surface area is 275 Å². The molecule has 2 N–H and O–H groups in total. The number of carbonyl (C=O) groups is 1. The molecular weight excluding hydrogens is 614 g/mol. The molecule has 4 aromatic rings. The zero-order valence-corrected chi connectivity index (χ0v) is 27.4. The molecule has 1 saturated carbocycles. The van der Waals surface area contributed by atoms with Crippen LogP contribution in [-0.2, 0) is 10.0 Å². The highest BCUT2D eigenvalue weighted by molar-refractivity contribution is 7.90. The van der Waals surface area contributed by atoms with E-state index in [4.69, 9.17) is 14.7 Å². The van der Waals surface area contributed by atoms with Crippen LogP contribution < -0.4 is 19.7 Å². The van der Waals surface area contributed by atoms with E-state index in [1.165, 1.54) is 25.3 Å². The van der Waals surface area contributed by atoms with Gasteiger partial charge in [-0.1, -0.05) is 24.6 Å². The second-order valence-corrected chi connectivity index (χ2v) is 15.0. The van der Waals surface area contributed by atoms with Gasteiger partial charge in [-0.25, -0.2) is 19.7 Å². The third kappa shape index (κ3) is 6.64. The molecule has 0 spiro atoms. The summed E-state index contributed by atoms with van der Waals surface area (Å²) in [6.45, 7) is 5.56. The van der Waals surface area contributed by atoms with Crippen LogP contribution in [-0.4, -0.2) is 53.0 Å².